The molecule has 0 aromatic heterocycles. The van der Waals surface area contributed by atoms with Crippen molar-refractivity contribution in [1.82, 2.24) is 0 Å². The second-order valence-electron chi connectivity index (χ2n) is 8.94. The molecule has 2 aromatic carbocycles. The summed E-state index contributed by atoms with van der Waals surface area (Å²) in [5.41, 5.74) is 6.49. The lowest BCUT2D eigenvalue weighted by molar-refractivity contribution is 0.0992. The molecule has 0 saturated carbocycles. The van der Waals surface area contributed by atoms with E-state index < -0.39 is 14.6 Å². The fourth-order valence-corrected chi connectivity index (χ4v) is 4.85. The second-order valence-corrected chi connectivity index (χ2v) is 11.7. The largest absolute Gasteiger partial charge is 0.294 e. The number of aryl methyl sites for hydroxylation is 2. The second kappa shape index (κ2) is 7.82. The average molecular weight is 399 g/mol. The standard InChI is InChI=1S/C24H30O3S/c1-17-13-20-7-5-6-8-22(20)21(14-17)15-23(25)19-11-9-18(10-12-19)16-28(26,27)24(2,3)4/h9-14H,5-8,15-16H2,1-4H3. The first-order chi connectivity index (χ1) is 13.1. The Kier molecular flexibility index (Phi) is 5.81. The van der Waals surface area contributed by atoms with E-state index in [4.69, 9.17) is 0 Å². The minimum Gasteiger partial charge on any atom is -0.294 e. The number of Topliss-reactive ketones (excluding diaryl/α,β-unsaturated/α-hetero) is 1. The molecule has 0 saturated heterocycles. The molecule has 0 spiro atoms. The molecule has 28 heavy (non-hydrogen) atoms. The van der Waals surface area contributed by atoms with E-state index in [-0.39, 0.29) is 11.5 Å². The molecular formula is C24H30O3S. The molecule has 0 aliphatic heterocycles. The number of rotatable bonds is 5. The van der Waals surface area contributed by atoms with Gasteiger partial charge in [0.05, 0.1) is 10.5 Å². The highest BCUT2D eigenvalue weighted by atomic mass is 32.2. The molecule has 1 aliphatic rings. The number of carbonyl (C=O) groups is 1. The predicted octanol–water partition coefficient (Wildman–Crippen LogP) is 5.01. The third-order valence-corrected chi connectivity index (χ3v) is 8.20. The van der Waals surface area contributed by atoms with Crippen LogP contribution in [0.2, 0.25) is 0 Å². The minimum atomic E-state index is -3.23. The van der Waals surface area contributed by atoms with Gasteiger partial charge in [0.2, 0.25) is 0 Å². The van der Waals surface area contributed by atoms with Crippen LogP contribution < -0.4 is 0 Å². The maximum atomic E-state index is 12.8. The molecule has 0 N–H and O–H groups in total. The first-order valence-corrected chi connectivity index (χ1v) is 11.7. The Morgan fingerprint density at radius 2 is 1.64 bits per heavy atom. The molecule has 0 bridgehead atoms. The smallest absolute Gasteiger partial charge is 0.167 e. The van der Waals surface area contributed by atoms with Gasteiger partial charge in [-0.3, -0.25) is 4.79 Å². The number of hydrogen-bond donors (Lipinski definition) is 0. The molecular weight excluding hydrogens is 368 g/mol. The Hall–Kier alpha value is -1.94. The molecule has 0 fully saturated rings. The fraction of sp³-hybridized carbons (Fsp3) is 0.458. The van der Waals surface area contributed by atoms with Crippen molar-refractivity contribution in [2.75, 3.05) is 0 Å². The van der Waals surface area contributed by atoms with Crippen LogP contribution in [0.25, 0.3) is 0 Å². The molecule has 0 heterocycles. The van der Waals surface area contributed by atoms with Crippen molar-refractivity contribution < 1.29 is 13.2 Å². The summed E-state index contributed by atoms with van der Waals surface area (Å²) in [5.74, 6) is 0.0831. The Bertz CT molecular complexity index is 978. The van der Waals surface area contributed by atoms with Crippen molar-refractivity contribution in [2.45, 2.75) is 70.3 Å². The van der Waals surface area contributed by atoms with E-state index in [1.54, 1.807) is 45.0 Å². The van der Waals surface area contributed by atoms with E-state index in [0.717, 1.165) is 24.0 Å². The van der Waals surface area contributed by atoms with Gasteiger partial charge >= 0.3 is 0 Å². The van der Waals surface area contributed by atoms with Gasteiger partial charge in [0.15, 0.2) is 15.6 Å². The molecule has 0 radical (unpaired) electrons. The van der Waals surface area contributed by atoms with Crippen molar-refractivity contribution in [3.63, 3.8) is 0 Å². The maximum absolute atomic E-state index is 12.8. The van der Waals surface area contributed by atoms with E-state index in [0.29, 0.717) is 12.0 Å². The Labute approximate surface area is 169 Å². The molecule has 0 unspecified atom stereocenters. The normalized spacial score (nSPS) is 14.6. The van der Waals surface area contributed by atoms with Crippen LogP contribution in [0.4, 0.5) is 0 Å². The van der Waals surface area contributed by atoms with E-state index in [9.17, 15) is 13.2 Å². The van der Waals surface area contributed by atoms with Gasteiger partial charge in [-0.15, -0.1) is 0 Å². The summed E-state index contributed by atoms with van der Waals surface area (Å²) < 4.78 is 24.0. The van der Waals surface area contributed by atoms with Gasteiger partial charge < -0.3 is 0 Å². The number of benzene rings is 2. The van der Waals surface area contributed by atoms with Crippen LogP contribution >= 0.6 is 0 Å². The van der Waals surface area contributed by atoms with Crippen molar-refractivity contribution in [3.05, 3.63) is 69.8 Å². The van der Waals surface area contributed by atoms with Crippen LogP contribution in [0.15, 0.2) is 36.4 Å². The van der Waals surface area contributed by atoms with Crippen molar-refractivity contribution >= 4 is 15.6 Å². The van der Waals surface area contributed by atoms with Gasteiger partial charge in [-0.2, -0.15) is 0 Å². The lowest BCUT2D eigenvalue weighted by atomic mass is 9.85. The van der Waals surface area contributed by atoms with Crippen LogP contribution in [-0.2, 0) is 34.9 Å². The highest BCUT2D eigenvalue weighted by molar-refractivity contribution is 7.91. The van der Waals surface area contributed by atoms with Gasteiger partial charge in [-0.05, 0) is 75.6 Å². The summed E-state index contributed by atoms with van der Waals surface area (Å²) in [4.78, 5) is 12.8. The lowest BCUT2D eigenvalue weighted by Gasteiger charge is -2.20. The Morgan fingerprint density at radius 3 is 2.29 bits per heavy atom. The van der Waals surface area contributed by atoms with Gasteiger partial charge in [0.1, 0.15) is 0 Å². The average Bonchev–Trinajstić information content (AvgIpc) is 2.61. The van der Waals surface area contributed by atoms with Crippen LogP contribution in [-0.4, -0.2) is 18.9 Å². The summed E-state index contributed by atoms with van der Waals surface area (Å²) in [5, 5.41) is 0. The van der Waals surface area contributed by atoms with Crippen molar-refractivity contribution in [3.8, 4) is 0 Å². The zero-order valence-corrected chi connectivity index (χ0v) is 18.2. The highest BCUT2D eigenvalue weighted by Gasteiger charge is 2.29. The van der Waals surface area contributed by atoms with Crippen LogP contribution in [0, 0.1) is 6.92 Å². The highest BCUT2D eigenvalue weighted by Crippen LogP contribution is 2.27. The Balaban J connectivity index is 1.77. The molecule has 2 aromatic rings. The number of sulfone groups is 1. The SMILES string of the molecule is Cc1cc2c(c(CC(=O)c3ccc(CS(=O)(=O)C(C)(C)C)cc3)c1)CCCC2. The van der Waals surface area contributed by atoms with E-state index in [1.165, 1.54) is 29.5 Å². The summed E-state index contributed by atoms with van der Waals surface area (Å²) in [7, 11) is -3.23. The molecule has 0 amide bonds. The monoisotopic (exact) mass is 398 g/mol. The maximum Gasteiger partial charge on any atom is 0.167 e. The van der Waals surface area contributed by atoms with Crippen LogP contribution in [0.1, 0.15) is 71.8 Å². The van der Waals surface area contributed by atoms with Gasteiger partial charge in [-0.1, -0.05) is 42.0 Å². The van der Waals surface area contributed by atoms with Gasteiger partial charge in [0, 0.05) is 12.0 Å². The minimum absolute atomic E-state index is 0.00361. The zero-order valence-electron chi connectivity index (χ0n) is 17.3. The summed E-state index contributed by atoms with van der Waals surface area (Å²) in [6.45, 7) is 7.22. The third kappa shape index (κ3) is 4.54. The molecule has 3 nitrogen and oxygen atoms in total. The predicted molar refractivity (Wildman–Crippen MR) is 115 cm³/mol. The summed E-state index contributed by atoms with van der Waals surface area (Å²) in [6, 6.07) is 11.5. The van der Waals surface area contributed by atoms with Crippen molar-refractivity contribution in [2.24, 2.45) is 0 Å². The third-order valence-electron chi connectivity index (χ3n) is 5.62. The van der Waals surface area contributed by atoms with Gasteiger partial charge in [0.25, 0.3) is 0 Å². The molecule has 1 aliphatic carbocycles. The van der Waals surface area contributed by atoms with E-state index >= 15 is 0 Å². The number of ketones is 1. The van der Waals surface area contributed by atoms with E-state index in [1.807, 2.05) is 0 Å². The summed E-state index contributed by atoms with van der Waals surface area (Å²) in [6.07, 6.45) is 4.98. The van der Waals surface area contributed by atoms with Crippen LogP contribution in [0.3, 0.4) is 0 Å². The lowest BCUT2D eigenvalue weighted by Crippen LogP contribution is -2.29. The van der Waals surface area contributed by atoms with Gasteiger partial charge in [-0.25, -0.2) is 8.42 Å². The molecule has 3 rings (SSSR count). The topological polar surface area (TPSA) is 51.2 Å². The molecule has 0 atom stereocenters. The number of fused-ring (bicyclic) bond motifs is 1. The number of hydrogen-bond acceptors (Lipinski definition) is 3. The quantitative estimate of drug-likeness (QED) is 0.665. The summed E-state index contributed by atoms with van der Waals surface area (Å²) >= 11 is 0. The fourth-order valence-electron chi connectivity index (χ4n) is 3.79. The van der Waals surface area contributed by atoms with Crippen molar-refractivity contribution in [1.29, 1.82) is 0 Å². The first-order valence-electron chi connectivity index (χ1n) is 10.0. The first kappa shape index (κ1) is 20.8. The molecule has 4 heteroatoms. The Morgan fingerprint density at radius 1 is 1.00 bits per heavy atom. The molecule has 150 valence electrons. The number of carbonyl (C=O) groups excluding carboxylic acids is 1. The van der Waals surface area contributed by atoms with Crippen LogP contribution in [0.5, 0.6) is 0 Å². The van der Waals surface area contributed by atoms with E-state index in [2.05, 4.69) is 19.1 Å². The zero-order chi connectivity index (χ0) is 20.5.